The molecular weight excluding hydrogens is 324 g/mol. The third kappa shape index (κ3) is 4.42. The number of fused-ring (bicyclic) bond motifs is 1. The predicted octanol–water partition coefficient (Wildman–Crippen LogP) is 3.58. The summed E-state index contributed by atoms with van der Waals surface area (Å²) in [6.07, 6.45) is 2.01. The Kier molecular flexibility index (Phi) is 6.50. The number of hydrogen-bond donors (Lipinski definition) is 2. The maximum absolute atomic E-state index is 12.4. The third-order valence-corrected chi connectivity index (χ3v) is 3.99. The van der Waals surface area contributed by atoms with E-state index in [-0.39, 0.29) is 18.3 Å². The number of benzene rings is 2. The smallest absolute Gasteiger partial charge is 0.251 e. The Hall–Kier alpha value is -2.20. The topological polar surface area (TPSA) is 50.4 Å². The number of ether oxygens (including phenoxy) is 1. The number of aryl methyl sites for hydroxylation is 1. The summed E-state index contributed by atoms with van der Waals surface area (Å²) in [5.41, 5.74) is 4.14. The SMILES string of the molecule is Cc1cccc(OCCNC(=O)c2cccc3c2CCCN3)c1.Cl. The van der Waals surface area contributed by atoms with Crippen molar-refractivity contribution in [1.82, 2.24) is 5.32 Å². The first kappa shape index (κ1) is 18.1. The van der Waals surface area contributed by atoms with Crippen molar-refractivity contribution >= 4 is 24.0 Å². The Balaban J connectivity index is 0.00000208. The molecule has 1 amide bonds. The zero-order valence-electron chi connectivity index (χ0n) is 13.8. The molecule has 2 N–H and O–H groups in total. The van der Waals surface area contributed by atoms with Gasteiger partial charge in [-0.15, -0.1) is 12.4 Å². The number of carbonyl (C=O) groups is 1. The maximum Gasteiger partial charge on any atom is 0.251 e. The molecule has 0 radical (unpaired) electrons. The van der Waals surface area contributed by atoms with Crippen LogP contribution in [0.3, 0.4) is 0 Å². The molecule has 0 unspecified atom stereocenters. The number of carbonyl (C=O) groups excluding carboxylic acids is 1. The first-order valence-electron chi connectivity index (χ1n) is 8.07. The Morgan fingerprint density at radius 1 is 1.25 bits per heavy atom. The van der Waals surface area contributed by atoms with Crippen molar-refractivity contribution in [1.29, 1.82) is 0 Å². The molecule has 0 spiro atoms. The van der Waals surface area contributed by atoms with Crippen LogP contribution in [0.4, 0.5) is 5.69 Å². The lowest BCUT2D eigenvalue weighted by atomic mass is 9.97. The second-order valence-electron chi connectivity index (χ2n) is 5.78. The Morgan fingerprint density at radius 2 is 2.08 bits per heavy atom. The Bertz CT molecular complexity index is 704. The molecule has 24 heavy (non-hydrogen) atoms. The van der Waals surface area contributed by atoms with Crippen molar-refractivity contribution < 1.29 is 9.53 Å². The summed E-state index contributed by atoms with van der Waals surface area (Å²) in [5.74, 6) is 0.805. The van der Waals surface area contributed by atoms with Crippen molar-refractivity contribution in [3.63, 3.8) is 0 Å². The minimum atomic E-state index is -0.0293. The van der Waals surface area contributed by atoms with Crippen LogP contribution in [0.5, 0.6) is 5.75 Å². The molecule has 1 aliphatic rings. The molecule has 0 aliphatic carbocycles. The Labute approximate surface area is 149 Å². The van der Waals surface area contributed by atoms with Gasteiger partial charge in [0, 0.05) is 17.8 Å². The van der Waals surface area contributed by atoms with E-state index in [2.05, 4.69) is 10.6 Å². The van der Waals surface area contributed by atoms with E-state index in [1.54, 1.807) is 0 Å². The lowest BCUT2D eigenvalue weighted by Crippen LogP contribution is -2.29. The van der Waals surface area contributed by atoms with Gasteiger partial charge >= 0.3 is 0 Å². The van der Waals surface area contributed by atoms with Crippen molar-refractivity contribution in [3.8, 4) is 5.75 Å². The zero-order chi connectivity index (χ0) is 16.1. The van der Waals surface area contributed by atoms with Crippen LogP contribution in [0.25, 0.3) is 0 Å². The number of rotatable bonds is 5. The van der Waals surface area contributed by atoms with E-state index in [9.17, 15) is 4.79 Å². The zero-order valence-corrected chi connectivity index (χ0v) is 14.6. The van der Waals surface area contributed by atoms with E-state index in [4.69, 9.17) is 4.74 Å². The largest absolute Gasteiger partial charge is 0.492 e. The monoisotopic (exact) mass is 346 g/mol. The van der Waals surface area contributed by atoms with Gasteiger partial charge in [-0.05, 0) is 55.2 Å². The highest BCUT2D eigenvalue weighted by atomic mass is 35.5. The Morgan fingerprint density at radius 3 is 2.92 bits per heavy atom. The molecule has 128 valence electrons. The predicted molar refractivity (Wildman–Crippen MR) is 99.5 cm³/mol. The molecule has 2 aromatic carbocycles. The van der Waals surface area contributed by atoms with Crippen molar-refractivity contribution in [3.05, 3.63) is 59.2 Å². The summed E-state index contributed by atoms with van der Waals surface area (Å²) >= 11 is 0. The molecule has 0 atom stereocenters. The van der Waals surface area contributed by atoms with E-state index in [0.717, 1.165) is 47.5 Å². The average Bonchev–Trinajstić information content (AvgIpc) is 2.58. The van der Waals surface area contributed by atoms with Crippen LogP contribution in [0.2, 0.25) is 0 Å². The fourth-order valence-corrected chi connectivity index (χ4v) is 2.86. The number of anilines is 1. The van der Waals surface area contributed by atoms with E-state index in [1.807, 2.05) is 49.4 Å². The normalized spacial score (nSPS) is 12.4. The molecule has 0 saturated heterocycles. The lowest BCUT2D eigenvalue weighted by molar-refractivity contribution is 0.0946. The number of hydrogen-bond acceptors (Lipinski definition) is 3. The van der Waals surface area contributed by atoms with Crippen LogP contribution in [0, 0.1) is 6.92 Å². The first-order valence-corrected chi connectivity index (χ1v) is 8.07. The molecule has 5 heteroatoms. The summed E-state index contributed by atoms with van der Waals surface area (Å²) in [6, 6.07) is 13.8. The highest BCUT2D eigenvalue weighted by Gasteiger charge is 2.16. The highest BCUT2D eigenvalue weighted by molar-refractivity contribution is 5.97. The third-order valence-electron chi connectivity index (χ3n) is 3.99. The van der Waals surface area contributed by atoms with Crippen molar-refractivity contribution in [2.45, 2.75) is 19.8 Å². The molecule has 3 rings (SSSR count). The fourth-order valence-electron chi connectivity index (χ4n) is 2.86. The molecule has 0 aromatic heterocycles. The van der Waals surface area contributed by atoms with Gasteiger partial charge in [-0.2, -0.15) is 0 Å². The van der Waals surface area contributed by atoms with Crippen LogP contribution in [0.15, 0.2) is 42.5 Å². The number of halogens is 1. The van der Waals surface area contributed by atoms with Crippen molar-refractivity contribution in [2.24, 2.45) is 0 Å². The van der Waals surface area contributed by atoms with Crippen LogP contribution < -0.4 is 15.4 Å². The summed E-state index contributed by atoms with van der Waals surface area (Å²) in [5, 5.41) is 6.29. The van der Waals surface area contributed by atoms with E-state index in [1.165, 1.54) is 0 Å². The van der Waals surface area contributed by atoms with Gasteiger partial charge in [0.25, 0.3) is 5.91 Å². The minimum absolute atomic E-state index is 0. The summed E-state index contributed by atoms with van der Waals surface area (Å²) in [6.45, 7) is 3.95. The van der Waals surface area contributed by atoms with Gasteiger partial charge in [0.15, 0.2) is 0 Å². The van der Waals surface area contributed by atoms with Crippen LogP contribution in [-0.2, 0) is 6.42 Å². The highest BCUT2D eigenvalue weighted by Crippen LogP contribution is 2.25. The van der Waals surface area contributed by atoms with Gasteiger partial charge in [0.2, 0.25) is 0 Å². The second kappa shape index (κ2) is 8.60. The van der Waals surface area contributed by atoms with Gasteiger partial charge in [-0.3, -0.25) is 4.79 Å². The summed E-state index contributed by atoms with van der Waals surface area (Å²) < 4.78 is 5.66. The quantitative estimate of drug-likeness (QED) is 0.813. The molecule has 4 nitrogen and oxygen atoms in total. The van der Waals surface area contributed by atoms with Gasteiger partial charge in [0.1, 0.15) is 12.4 Å². The fraction of sp³-hybridized carbons (Fsp3) is 0.316. The van der Waals surface area contributed by atoms with E-state index in [0.29, 0.717) is 13.2 Å². The molecule has 0 fully saturated rings. The standard InChI is InChI=1S/C19H22N2O2.ClH/c1-14-5-2-6-15(13-14)23-12-11-21-19(22)17-7-3-9-18-16(17)8-4-10-20-18;/h2-3,5-7,9,13,20H,4,8,10-12H2,1H3,(H,21,22);1H. The molecule has 1 heterocycles. The van der Waals surface area contributed by atoms with Gasteiger partial charge < -0.3 is 15.4 Å². The summed E-state index contributed by atoms with van der Waals surface area (Å²) in [7, 11) is 0. The van der Waals surface area contributed by atoms with Gasteiger partial charge in [-0.1, -0.05) is 18.2 Å². The second-order valence-corrected chi connectivity index (χ2v) is 5.78. The first-order chi connectivity index (χ1) is 11.2. The van der Waals surface area contributed by atoms with Crippen molar-refractivity contribution in [2.75, 3.05) is 25.0 Å². The molecule has 0 saturated carbocycles. The molecule has 1 aliphatic heterocycles. The average molecular weight is 347 g/mol. The lowest BCUT2D eigenvalue weighted by Gasteiger charge is -2.20. The van der Waals surface area contributed by atoms with Gasteiger partial charge in [-0.25, -0.2) is 0 Å². The molecule has 0 bridgehead atoms. The number of nitrogens with one attached hydrogen (secondary N) is 2. The van der Waals surface area contributed by atoms with E-state index < -0.39 is 0 Å². The summed E-state index contributed by atoms with van der Waals surface area (Å²) in [4.78, 5) is 12.4. The molecular formula is C19H23ClN2O2. The molecule has 2 aromatic rings. The minimum Gasteiger partial charge on any atom is -0.492 e. The van der Waals surface area contributed by atoms with Gasteiger partial charge in [0.05, 0.1) is 6.54 Å². The van der Waals surface area contributed by atoms with Crippen LogP contribution >= 0.6 is 12.4 Å². The maximum atomic E-state index is 12.4. The number of amides is 1. The van der Waals surface area contributed by atoms with Crippen LogP contribution in [0.1, 0.15) is 27.9 Å². The van der Waals surface area contributed by atoms with Crippen LogP contribution in [-0.4, -0.2) is 25.6 Å². The van der Waals surface area contributed by atoms with E-state index >= 15 is 0 Å².